The number of nitrogens with zero attached hydrogens (tertiary/aromatic N) is 1. The lowest BCUT2D eigenvalue weighted by molar-refractivity contribution is -0.142. The van der Waals surface area contributed by atoms with Crippen molar-refractivity contribution in [3.63, 3.8) is 0 Å². The summed E-state index contributed by atoms with van der Waals surface area (Å²) >= 11 is 0. The van der Waals surface area contributed by atoms with Crippen LogP contribution in [0.25, 0.3) is 0 Å². The molecule has 0 radical (unpaired) electrons. The first-order valence-corrected chi connectivity index (χ1v) is 23.6. The number of aliphatic carboxylic acids is 1. The number of carboxylic acids is 1. The van der Waals surface area contributed by atoms with Crippen LogP contribution in [0, 0.1) is 0 Å². The molecule has 3 nitrogen and oxygen atoms in total. The first kappa shape index (κ1) is 49.4. The molecule has 0 aliphatic carbocycles. The van der Waals surface area contributed by atoms with E-state index in [1.54, 1.807) is 0 Å². The molecule has 50 heavy (non-hydrogen) atoms. The van der Waals surface area contributed by atoms with Crippen LogP contribution in [0.15, 0.2) is 0 Å². The van der Waals surface area contributed by atoms with Gasteiger partial charge in [0.25, 0.3) is 0 Å². The second-order valence-electron chi connectivity index (χ2n) is 16.5. The van der Waals surface area contributed by atoms with Crippen LogP contribution in [-0.2, 0) is 4.79 Å². The Hall–Kier alpha value is -0.570. The normalized spacial score (nSPS) is 12.3. The molecule has 0 heterocycles. The van der Waals surface area contributed by atoms with Gasteiger partial charge < -0.3 is 5.11 Å². The summed E-state index contributed by atoms with van der Waals surface area (Å²) in [6, 6.07) is -0.351. The summed E-state index contributed by atoms with van der Waals surface area (Å²) in [5.74, 6) is -0.661. The van der Waals surface area contributed by atoms with E-state index in [2.05, 4.69) is 18.7 Å². The maximum absolute atomic E-state index is 11.7. The first-order valence-electron chi connectivity index (χ1n) is 23.6. The zero-order chi connectivity index (χ0) is 36.4. The molecule has 0 amide bonds. The first-order chi connectivity index (χ1) is 24.6. The fourth-order valence-electron chi connectivity index (χ4n) is 7.80. The molecule has 0 saturated carbocycles. The molecular weight excluding hydrogens is 611 g/mol. The highest BCUT2D eigenvalue weighted by atomic mass is 16.4. The minimum absolute atomic E-state index is 0.351. The summed E-state index contributed by atoms with van der Waals surface area (Å²) in [5, 5.41) is 9.64. The molecule has 0 aliphatic rings. The van der Waals surface area contributed by atoms with Crippen LogP contribution in [0.3, 0.4) is 0 Å². The molecule has 0 saturated heterocycles. The Balaban J connectivity index is 3.52. The Labute approximate surface area is 316 Å². The largest absolute Gasteiger partial charge is 0.480 e. The number of rotatable bonds is 44. The van der Waals surface area contributed by atoms with Gasteiger partial charge in [0.05, 0.1) is 0 Å². The standard InChI is InChI=1S/C47H95NO2/c1-4-6-8-10-12-14-16-18-20-22-24-26-28-30-32-34-36-38-40-42-44-48(46(3)47(49)50)45-43-41-39-37-35-33-31-29-27-25-23-21-19-17-15-13-11-9-7-5-2/h46H,4-45H2,1-3H3,(H,49,50). The van der Waals surface area contributed by atoms with E-state index in [1.165, 1.54) is 244 Å². The van der Waals surface area contributed by atoms with Crippen molar-refractivity contribution in [2.24, 2.45) is 0 Å². The number of carboxylic acid groups (broad SMARTS) is 1. The van der Waals surface area contributed by atoms with E-state index in [1.807, 2.05) is 6.92 Å². The highest BCUT2D eigenvalue weighted by molar-refractivity contribution is 5.72. The third-order valence-electron chi connectivity index (χ3n) is 11.5. The quantitative estimate of drug-likeness (QED) is 0.0642. The molecule has 0 bridgehead atoms. The SMILES string of the molecule is CCCCCCCCCCCCCCCCCCCCCCN(CCCCCCCCCCCCCCCCCCCCCC)C(C)C(=O)O. The minimum atomic E-state index is -0.661. The Morgan fingerprint density at radius 3 is 0.660 bits per heavy atom. The van der Waals surface area contributed by atoms with Crippen LogP contribution in [0.1, 0.15) is 278 Å². The van der Waals surface area contributed by atoms with Crippen LogP contribution in [0.4, 0.5) is 0 Å². The monoisotopic (exact) mass is 706 g/mol. The number of hydrogen-bond acceptors (Lipinski definition) is 2. The molecule has 0 fully saturated rings. The van der Waals surface area contributed by atoms with Gasteiger partial charge in [0.15, 0.2) is 0 Å². The van der Waals surface area contributed by atoms with Crippen molar-refractivity contribution in [2.45, 2.75) is 284 Å². The van der Waals surface area contributed by atoms with Crippen LogP contribution in [-0.4, -0.2) is 35.1 Å². The Morgan fingerprint density at radius 2 is 0.500 bits per heavy atom. The van der Waals surface area contributed by atoms with E-state index in [9.17, 15) is 9.90 Å². The molecule has 0 aromatic carbocycles. The highest BCUT2D eigenvalue weighted by Gasteiger charge is 2.19. The molecule has 1 atom stereocenters. The van der Waals surface area contributed by atoms with Crippen molar-refractivity contribution in [2.75, 3.05) is 13.1 Å². The minimum Gasteiger partial charge on any atom is -0.480 e. The molecule has 0 spiro atoms. The smallest absolute Gasteiger partial charge is 0.320 e. The van der Waals surface area contributed by atoms with Crippen molar-refractivity contribution in [3.8, 4) is 0 Å². The van der Waals surface area contributed by atoms with Gasteiger partial charge in [-0.05, 0) is 32.9 Å². The lowest BCUT2D eigenvalue weighted by Gasteiger charge is -2.26. The third-order valence-corrected chi connectivity index (χ3v) is 11.5. The van der Waals surface area contributed by atoms with Crippen molar-refractivity contribution in [3.05, 3.63) is 0 Å². The molecule has 0 aliphatic heterocycles. The zero-order valence-electron chi connectivity index (χ0n) is 35.1. The fraction of sp³-hybridized carbons (Fsp3) is 0.979. The molecule has 1 unspecified atom stereocenters. The molecule has 3 heteroatoms. The van der Waals surface area contributed by atoms with Gasteiger partial charge >= 0.3 is 5.97 Å². The molecule has 0 aromatic rings. The maximum atomic E-state index is 11.7. The Kier molecular flexibility index (Phi) is 42.4. The van der Waals surface area contributed by atoms with E-state index in [4.69, 9.17) is 0 Å². The van der Waals surface area contributed by atoms with E-state index in [-0.39, 0.29) is 6.04 Å². The molecule has 1 N–H and O–H groups in total. The summed E-state index contributed by atoms with van der Waals surface area (Å²) in [7, 11) is 0. The number of unbranched alkanes of at least 4 members (excludes halogenated alkanes) is 38. The van der Waals surface area contributed by atoms with Gasteiger partial charge in [-0.3, -0.25) is 9.69 Å². The number of hydrogen-bond donors (Lipinski definition) is 1. The lowest BCUT2D eigenvalue weighted by atomic mass is 10.0. The van der Waals surface area contributed by atoms with E-state index < -0.39 is 5.97 Å². The van der Waals surface area contributed by atoms with Crippen LogP contribution < -0.4 is 0 Å². The van der Waals surface area contributed by atoms with Crippen LogP contribution >= 0.6 is 0 Å². The second-order valence-corrected chi connectivity index (χ2v) is 16.5. The number of carbonyl (C=O) groups is 1. The van der Waals surface area contributed by atoms with Gasteiger partial charge in [0.1, 0.15) is 6.04 Å². The van der Waals surface area contributed by atoms with Crippen LogP contribution in [0.5, 0.6) is 0 Å². The molecule has 0 rings (SSSR count). The highest BCUT2D eigenvalue weighted by Crippen LogP contribution is 2.17. The van der Waals surface area contributed by atoms with Gasteiger partial charge in [-0.1, -0.05) is 258 Å². The average molecular weight is 706 g/mol. The van der Waals surface area contributed by atoms with E-state index in [0.29, 0.717) is 0 Å². The van der Waals surface area contributed by atoms with Gasteiger partial charge in [0, 0.05) is 0 Å². The van der Waals surface area contributed by atoms with E-state index >= 15 is 0 Å². The molecule has 300 valence electrons. The molecule has 0 aromatic heterocycles. The van der Waals surface area contributed by atoms with Gasteiger partial charge in [-0.25, -0.2) is 0 Å². The Morgan fingerprint density at radius 1 is 0.340 bits per heavy atom. The Bertz CT molecular complexity index is 593. The summed E-state index contributed by atoms with van der Waals surface area (Å²) < 4.78 is 0. The van der Waals surface area contributed by atoms with Crippen molar-refractivity contribution >= 4 is 5.97 Å². The van der Waals surface area contributed by atoms with Crippen molar-refractivity contribution in [1.29, 1.82) is 0 Å². The van der Waals surface area contributed by atoms with Gasteiger partial charge in [0.2, 0.25) is 0 Å². The predicted octanol–water partition coefficient (Wildman–Crippen LogP) is 16.4. The van der Waals surface area contributed by atoms with Gasteiger partial charge in [-0.2, -0.15) is 0 Å². The fourth-order valence-corrected chi connectivity index (χ4v) is 7.80. The van der Waals surface area contributed by atoms with Gasteiger partial charge in [-0.15, -0.1) is 0 Å². The van der Waals surface area contributed by atoms with Crippen LogP contribution in [0.2, 0.25) is 0 Å². The second kappa shape index (κ2) is 42.8. The summed E-state index contributed by atoms with van der Waals surface area (Å²) in [5.41, 5.74) is 0. The summed E-state index contributed by atoms with van der Waals surface area (Å²) in [6.07, 6.45) is 56.0. The average Bonchev–Trinajstić information content (AvgIpc) is 3.12. The topological polar surface area (TPSA) is 40.5 Å². The zero-order valence-corrected chi connectivity index (χ0v) is 35.1. The third kappa shape index (κ3) is 38.7. The van der Waals surface area contributed by atoms with E-state index in [0.717, 1.165) is 25.9 Å². The van der Waals surface area contributed by atoms with Crippen molar-refractivity contribution < 1.29 is 9.90 Å². The predicted molar refractivity (Wildman–Crippen MR) is 225 cm³/mol. The maximum Gasteiger partial charge on any atom is 0.320 e. The molecular formula is C47H95NO2. The lowest BCUT2D eigenvalue weighted by Crippen LogP contribution is -2.40. The summed E-state index contributed by atoms with van der Waals surface area (Å²) in [6.45, 7) is 8.38. The van der Waals surface area contributed by atoms with Crippen molar-refractivity contribution in [1.82, 2.24) is 4.90 Å². The summed E-state index contributed by atoms with van der Waals surface area (Å²) in [4.78, 5) is 14.0.